The number of hydrogen-bond acceptors (Lipinski definition) is 5. The fraction of sp³-hybridized carbons (Fsp3) is 0.682. The summed E-state index contributed by atoms with van der Waals surface area (Å²) in [5, 5.41) is 11.3. The number of hydrogen-bond donors (Lipinski definition) is 1. The number of aryl methyl sites for hydroxylation is 1. The Morgan fingerprint density at radius 1 is 1.18 bits per heavy atom. The van der Waals surface area contributed by atoms with Gasteiger partial charge in [-0.2, -0.15) is 0 Å². The molecule has 28 heavy (non-hydrogen) atoms. The molecule has 0 unspecified atom stereocenters. The Kier molecular flexibility index (Phi) is 6.63. The van der Waals surface area contributed by atoms with Crippen LogP contribution in [0.2, 0.25) is 0 Å². The summed E-state index contributed by atoms with van der Waals surface area (Å²) in [5.74, 6) is 0.151. The number of aliphatic hydroxyl groups is 1. The Morgan fingerprint density at radius 2 is 1.89 bits per heavy atom. The maximum atomic E-state index is 12.5. The van der Waals surface area contributed by atoms with Gasteiger partial charge in [0.25, 0.3) is 0 Å². The largest absolute Gasteiger partial charge is 0.388 e. The van der Waals surface area contributed by atoms with Crippen molar-refractivity contribution < 1.29 is 9.90 Å². The van der Waals surface area contributed by atoms with Crippen molar-refractivity contribution in [2.45, 2.75) is 25.4 Å². The fourth-order valence-corrected chi connectivity index (χ4v) is 4.49. The normalized spacial score (nSPS) is 24.0. The van der Waals surface area contributed by atoms with E-state index in [9.17, 15) is 9.90 Å². The van der Waals surface area contributed by atoms with Crippen molar-refractivity contribution >= 4 is 11.6 Å². The Hall–Kier alpha value is -1.63. The molecule has 2 saturated heterocycles. The van der Waals surface area contributed by atoms with Crippen LogP contribution in [0, 0.1) is 12.8 Å². The summed E-state index contributed by atoms with van der Waals surface area (Å²) in [7, 11) is 5.73. The van der Waals surface area contributed by atoms with Crippen LogP contribution in [0.3, 0.4) is 0 Å². The van der Waals surface area contributed by atoms with E-state index in [0.29, 0.717) is 6.54 Å². The van der Waals surface area contributed by atoms with Crippen LogP contribution in [0.15, 0.2) is 24.3 Å². The van der Waals surface area contributed by atoms with E-state index in [2.05, 4.69) is 52.9 Å². The standard InChI is InChI=1S/C22H36N4O2/c1-18-6-5-7-20(14-18)26-10-8-22(28,9-11-26)17-25-13-12-24(4)15-19(16-25)21(27)23(2)3/h5-7,14,19,28H,8-13,15-17H2,1-4H3/t19-/m1/s1. The van der Waals surface area contributed by atoms with E-state index in [1.807, 2.05) is 14.1 Å². The van der Waals surface area contributed by atoms with Gasteiger partial charge in [0.2, 0.25) is 5.91 Å². The second-order valence-electron chi connectivity index (χ2n) is 8.98. The number of benzene rings is 1. The van der Waals surface area contributed by atoms with Gasteiger partial charge in [-0.3, -0.25) is 9.69 Å². The number of nitrogens with zero attached hydrogens (tertiary/aromatic N) is 4. The highest BCUT2D eigenvalue weighted by Crippen LogP contribution is 2.28. The van der Waals surface area contributed by atoms with Crippen molar-refractivity contribution in [3.63, 3.8) is 0 Å². The highest BCUT2D eigenvalue weighted by Gasteiger charge is 2.36. The molecule has 0 aromatic heterocycles. The molecule has 0 radical (unpaired) electrons. The number of anilines is 1. The van der Waals surface area contributed by atoms with Crippen molar-refractivity contribution in [1.82, 2.24) is 14.7 Å². The van der Waals surface area contributed by atoms with Crippen LogP contribution < -0.4 is 4.90 Å². The molecule has 1 aromatic carbocycles. The average Bonchev–Trinajstić information content (AvgIpc) is 2.83. The second kappa shape index (κ2) is 8.80. The van der Waals surface area contributed by atoms with Crippen molar-refractivity contribution in [2.24, 2.45) is 5.92 Å². The minimum Gasteiger partial charge on any atom is -0.388 e. The lowest BCUT2D eigenvalue weighted by Gasteiger charge is -2.42. The molecule has 1 amide bonds. The van der Waals surface area contributed by atoms with Crippen LogP contribution >= 0.6 is 0 Å². The zero-order chi connectivity index (χ0) is 20.3. The van der Waals surface area contributed by atoms with Gasteiger partial charge in [-0.05, 0) is 44.5 Å². The Bertz CT molecular complexity index is 670. The molecule has 2 aliphatic heterocycles. The summed E-state index contributed by atoms with van der Waals surface area (Å²) in [6, 6.07) is 8.58. The van der Waals surface area contributed by atoms with Gasteiger partial charge in [-0.25, -0.2) is 0 Å². The van der Waals surface area contributed by atoms with Crippen LogP contribution in [0.4, 0.5) is 5.69 Å². The van der Waals surface area contributed by atoms with Gasteiger partial charge in [0.15, 0.2) is 0 Å². The molecule has 2 fully saturated rings. The smallest absolute Gasteiger partial charge is 0.227 e. The molecule has 1 aromatic rings. The molecule has 0 saturated carbocycles. The van der Waals surface area contributed by atoms with E-state index >= 15 is 0 Å². The maximum Gasteiger partial charge on any atom is 0.227 e. The van der Waals surface area contributed by atoms with E-state index in [4.69, 9.17) is 0 Å². The monoisotopic (exact) mass is 388 g/mol. The number of carbonyl (C=O) groups excluding carboxylic acids is 1. The SMILES string of the molecule is Cc1cccc(N2CCC(O)(CN3CCN(C)C[C@@H](C(=O)N(C)C)C3)CC2)c1. The van der Waals surface area contributed by atoms with Crippen LogP contribution in [-0.2, 0) is 4.79 Å². The van der Waals surface area contributed by atoms with Gasteiger partial charge in [-0.15, -0.1) is 0 Å². The van der Waals surface area contributed by atoms with Crippen LogP contribution in [-0.4, -0.2) is 98.3 Å². The first kappa shape index (κ1) is 21.1. The van der Waals surface area contributed by atoms with Gasteiger partial charge < -0.3 is 19.8 Å². The molecule has 0 bridgehead atoms. The predicted molar refractivity (Wildman–Crippen MR) is 114 cm³/mol. The predicted octanol–water partition coefficient (Wildman–Crippen LogP) is 1.28. The topological polar surface area (TPSA) is 50.3 Å². The number of carbonyl (C=O) groups is 1. The van der Waals surface area contributed by atoms with Crippen molar-refractivity contribution in [1.29, 1.82) is 0 Å². The second-order valence-corrected chi connectivity index (χ2v) is 8.98. The lowest BCUT2D eigenvalue weighted by molar-refractivity contribution is -0.134. The third-order valence-corrected chi connectivity index (χ3v) is 6.18. The van der Waals surface area contributed by atoms with Crippen LogP contribution in [0.25, 0.3) is 0 Å². The summed E-state index contributed by atoms with van der Waals surface area (Å²) in [5.41, 5.74) is 1.84. The summed E-state index contributed by atoms with van der Waals surface area (Å²) in [6.07, 6.45) is 1.53. The molecular formula is C22H36N4O2. The lowest BCUT2D eigenvalue weighted by Crippen LogP contribution is -2.52. The molecule has 1 atom stereocenters. The van der Waals surface area contributed by atoms with Gasteiger partial charge in [0.05, 0.1) is 11.5 Å². The highest BCUT2D eigenvalue weighted by atomic mass is 16.3. The number of piperidine rings is 1. The molecule has 156 valence electrons. The van der Waals surface area contributed by atoms with Crippen LogP contribution in [0.1, 0.15) is 18.4 Å². The third kappa shape index (κ3) is 5.25. The van der Waals surface area contributed by atoms with E-state index in [1.165, 1.54) is 11.3 Å². The first-order chi connectivity index (χ1) is 13.3. The first-order valence-electron chi connectivity index (χ1n) is 10.4. The number of β-amino-alcohol motifs (C(OH)–C–C–N with tert-alkyl or cyclic N) is 1. The fourth-order valence-electron chi connectivity index (χ4n) is 4.49. The molecule has 2 heterocycles. The number of rotatable bonds is 4. The summed E-state index contributed by atoms with van der Waals surface area (Å²) < 4.78 is 0. The van der Waals surface area contributed by atoms with Crippen molar-refractivity contribution in [3.05, 3.63) is 29.8 Å². The zero-order valence-corrected chi connectivity index (χ0v) is 17.9. The zero-order valence-electron chi connectivity index (χ0n) is 17.9. The average molecular weight is 389 g/mol. The minimum atomic E-state index is -0.672. The summed E-state index contributed by atoms with van der Waals surface area (Å²) >= 11 is 0. The Labute approximate surface area is 169 Å². The van der Waals surface area contributed by atoms with Gasteiger partial charge in [0.1, 0.15) is 0 Å². The molecule has 1 N–H and O–H groups in total. The van der Waals surface area contributed by atoms with E-state index < -0.39 is 5.60 Å². The summed E-state index contributed by atoms with van der Waals surface area (Å²) in [4.78, 5) is 21.1. The number of likely N-dealkylation sites (N-methyl/N-ethyl adjacent to an activating group) is 1. The first-order valence-corrected chi connectivity index (χ1v) is 10.4. The Balaban J connectivity index is 1.60. The molecule has 6 heteroatoms. The molecule has 6 nitrogen and oxygen atoms in total. The highest BCUT2D eigenvalue weighted by molar-refractivity contribution is 5.78. The summed E-state index contributed by atoms with van der Waals surface area (Å²) in [6.45, 7) is 7.85. The van der Waals surface area contributed by atoms with Crippen molar-refractivity contribution in [2.75, 3.05) is 71.9 Å². The van der Waals surface area contributed by atoms with E-state index in [0.717, 1.165) is 52.1 Å². The molecule has 0 aliphatic carbocycles. The van der Waals surface area contributed by atoms with Gasteiger partial charge in [-0.1, -0.05) is 12.1 Å². The third-order valence-electron chi connectivity index (χ3n) is 6.18. The Morgan fingerprint density at radius 3 is 2.54 bits per heavy atom. The molecule has 3 rings (SSSR count). The lowest BCUT2D eigenvalue weighted by atomic mass is 9.90. The van der Waals surface area contributed by atoms with Gasteiger partial charge >= 0.3 is 0 Å². The maximum absolute atomic E-state index is 12.5. The minimum absolute atomic E-state index is 0.0292. The van der Waals surface area contributed by atoms with Crippen molar-refractivity contribution in [3.8, 4) is 0 Å². The number of amides is 1. The molecule has 0 spiro atoms. The molecule has 2 aliphatic rings. The van der Waals surface area contributed by atoms with E-state index in [1.54, 1.807) is 4.90 Å². The van der Waals surface area contributed by atoms with Crippen LogP contribution in [0.5, 0.6) is 0 Å². The van der Waals surface area contributed by atoms with E-state index in [-0.39, 0.29) is 11.8 Å². The quantitative estimate of drug-likeness (QED) is 0.842. The molecular weight excluding hydrogens is 352 g/mol. The van der Waals surface area contributed by atoms with Gasteiger partial charge in [0, 0.05) is 65.6 Å².